The van der Waals surface area contributed by atoms with Crippen LogP contribution in [0, 0.1) is 0 Å². The maximum Gasteiger partial charge on any atom is 0.290 e. The molecule has 2 N–H and O–H groups in total. The van der Waals surface area contributed by atoms with E-state index in [9.17, 15) is 9.00 Å². The number of hydrogen-bond acceptors (Lipinski definition) is 4. The van der Waals surface area contributed by atoms with Crippen molar-refractivity contribution in [2.75, 3.05) is 17.3 Å². The summed E-state index contributed by atoms with van der Waals surface area (Å²) in [5.41, 5.74) is -0.234. The van der Waals surface area contributed by atoms with Crippen molar-refractivity contribution in [2.45, 2.75) is 19.4 Å². The molecule has 0 spiro atoms. The second-order valence-electron chi connectivity index (χ2n) is 3.38. The number of aromatic nitrogens is 2. The standard InChI is InChI=1S/C9H15N3O2S/c1-7(3-6-15(2)14)12-8-9(13)11-5-4-10-8/h4-5,7H,3,6H2,1-2H3,(H,10,12)(H,11,13). The lowest BCUT2D eigenvalue weighted by atomic mass is 10.2. The third-order valence-corrected chi connectivity index (χ3v) is 2.74. The number of hydrogen-bond donors (Lipinski definition) is 2. The number of rotatable bonds is 5. The van der Waals surface area contributed by atoms with Gasteiger partial charge in [-0.1, -0.05) is 0 Å². The number of nitrogens with one attached hydrogen (secondary N) is 2. The first-order chi connectivity index (χ1) is 7.09. The summed E-state index contributed by atoms with van der Waals surface area (Å²) in [6.07, 6.45) is 5.42. The van der Waals surface area contributed by atoms with E-state index in [1.807, 2.05) is 6.92 Å². The van der Waals surface area contributed by atoms with Gasteiger partial charge in [0.2, 0.25) is 0 Å². The van der Waals surface area contributed by atoms with Crippen molar-refractivity contribution in [3.8, 4) is 0 Å². The molecule has 0 amide bonds. The normalized spacial score (nSPS) is 14.5. The van der Waals surface area contributed by atoms with E-state index in [1.54, 1.807) is 6.26 Å². The van der Waals surface area contributed by atoms with Crippen molar-refractivity contribution in [1.82, 2.24) is 9.97 Å². The Labute approximate surface area is 90.8 Å². The molecule has 6 heteroatoms. The van der Waals surface area contributed by atoms with Gasteiger partial charge >= 0.3 is 0 Å². The predicted molar refractivity (Wildman–Crippen MR) is 61.5 cm³/mol. The van der Waals surface area contributed by atoms with Crippen LogP contribution in [0.4, 0.5) is 5.82 Å². The van der Waals surface area contributed by atoms with Gasteiger partial charge in [0.25, 0.3) is 5.56 Å². The molecule has 0 radical (unpaired) electrons. The average molecular weight is 229 g/mol. The van der Waals surface area contributed by atoms with Crippen LogP contribution < -0.4 is 10.9 Å². The van der Waals surface area contributed by atoms with Crippen LogP contribution in [-0.4, -0.2) is 32.2 Å². The van der Waals surface area contributed by atoms with Crippen molar-refractivity contribution in [1.29, 1.82) is 0 Å². The van der Waals surface area contributed by atoms with Crippen molar-refractivity contribution < 1.29 is 4.21 Å². The van der Waals surface area contributed by atoms with E-state index >= 15 is 0 Å². The van der Waals surface area contributed by atoms with Crippen LogP contribution >= 0.6 is 0 Å². The van der Waals surface area contributed by atoms with Crippen molar-refractivity contribution in [3.63, 3.8) is 0 Å². The summed E-state index contributed by atoms with van der Waals surface area (Å²) in [5, 5.41) is 2.98. The number of aromatic amines is 1. The largest absolute Gasteiger partial charge is 0.363 e. The monoisotopic (exact) mass is 229 g/mol. The van der Waals surface area contributed by atoms with E-state index in [2.05, 4.69) is 15.3 Å². The highest BCUT2D eigenvalue weighted by Gasteiger charge is 2.06. The van der Waals surface area contributed by atoms with Gasteiger partial charge in [0.1, 0.15) is 0 Å². The zero-order valence-electron chi connectivity index (χ0n) is 8.82. The van der Waals surface area contributed by atoms with Crippen LogP contribution in [0.2, 0.25) is 0 Å². The van der Waals surface area contributed by atoms with Crippen LogP contribution in [0.1, 0.15) is 13.3 Å². The van der Waals surface area contributed by atoms with Gasteiger partial charge in [-0.3, -0.25) is 9.00 Å². The first kappa shape index (κ1) is 11.9. The molecule has 0 aromatic carbocycles. The number of H-pyrrole nitrogens is 1. The van der Waals surface area contributed by atoms with Gasteiger partial charge < -0.3 is 10.3 Å². The summed E-state index contributed by atoms with van der Waals surface area (Å²) in [6.45, 7) is 1.93. The average Bonchev–Trinajstić information content (AvgIpc) is 2.18. The van der Waals surface area contributed by atoms with Gasteiger partial charge in [-0.05, 0) is 13.3 Å². The Morgan fingerprint density at radius 3 is 3.00 bits per heavy atom. The molecule has 1 heterocycles. The van der Waals surface area contributed by atoms with Gasteiger partial charge in [0.05, 0.1) is 0 Å². The summed E-state index contributed by atoms with van der Waals surface area (Å²) in [6, 6.07) is 0.0879. The van der Waals surface area contributed by atoms with E-state index in [0.717, 1.165) is 6.42 Å². The smallest absolute Gasteiger partial charge is 0.290 e. The maximum absolute atomic E-state index is 11.3. The Morgan fingerprint density at radius 1 is 1.67 bits per heavy atom. The quantitative estimate of drug-likeness (QED) is 0.763. The van der Waals surface area contributed by atoms with Crippen LogP contribution in [0.3, 0.4) is 0 Å². The van der Waals surface area contributed by atoms with Crippen molar-refractivity contribution in [2.24, 2.45) is 0 Å². The lowest BCUT2D eigenvalue weighted by Gasteiger charge is -2.12. The zero-order chi connectivity index (χ0) is 11.3. The van der Waals surface area contributed by atoms with Crippen LogP contribution in [-0.2, 0) is 10.8 Å². The summed E-state index contributed by atoms with van der Waals surface area (Å²) >= 11 is 0. The van der Waals surface area contributed by atoms with Crippen LogP contribution in [0.25, 0.3) is 0 Å². The molecule has 15 heavy (non-hydrogen) atoms. The van der Waals surface area contributed by atoms with Gasteiger partial charge in [-0.15, -0.1) is 0 Å². The molecule has 1 aromatic rings. The fourth-order valence-corrected chi connectivity index (χ4v) is 1.79. The van der Waals surface area contributed by atoms with Crippen molar-refractivity contribution >= 4 is 16.6 Å². The Morgan fingerprint density at radius 2 is 2.40 bits per heavy atom. The zero-order valence-corrected chi connectivity index (χ0v) is 9.63. The lowest BCUT2D eigenvalue weighted by molar-refractivity contribution is 0.678. The fourth-order valence-electron chi connectivity index (χ4n) is 1.10. The fraction of sp³-hybridized carbons (Fsp3) is 0.556. The minimum Gasteiger partial charge on any atom is -0.363 e. The highest BCUT2D eigenvalue weighted by molar-refractivity contribution is 7.84. The molecule has 0 fully saturated rings. The molecule has 84 valence electrons. The molecule has 0 aliphatic rings. The highest BCUT2D eigenvalue weighted by Crippen LogP contribution is 1.99. The molecule has 0 bridgehead atoms. The Hall–Kier alpha value is -1.17. The maximum atomic E-state index is 11.3. The van der Waals surface area contributed by atoms with Crippen molar-refractivity contribution in [3.05, 3.63) is 22.7 Å². The first-order valence-electron chi connectivity index (χ1n) is 4.70. The molecular weight excluding hydrogens is 214 g/mol. The first-order valence-corrected chi connectivity index (χ1v) is 6.42. The van der Waals surface area contributed by atoms with Gasteiger partial charge in [-0.2, -0.15) is 0 Å². The minimum absolute atomic E-state index is 0.0879. The van der Waals surface area contributed by atoms with Gasteiger partial charge in [0.15, 0.2) is 5.82 Å². The van der Waals surface area contributed by atoms with Crippen LogP contribution in [0.5, 0.6) is 0 Å². The molecule has 0 aliphatic carbocycles. The second-order valence-corrected chi connectivity index (χ2v) is 4.93. The second kappa shape index (κ2) is 5.65. The molecule has 0 saturated heterocycles. The van der Waals surface area contributed by atoms with Crippen LogP contribution in [0.15, 0.2) is 17.2 Å². The molecule has 2 atom stereocenters. The third-order valence-electron chi connectivity index (χ3n) is 1.93. The SMILES string of the molecule is CC(CCS(C)=O)Nc1ncc[nH]c1=O. The molecule has 0 saturated carbocycles. The molecular formula is C9H15N3O2S. The van der Waals surface area contributed by atoms with E-state index in [-0.39, 0.29) is 11.6 Å². The Kier molecular flexibility index (Phi) is 4.48. The summed E-state index contributed by atoms with van der Waals surface area (Å²) < 4.78 is 10.9. The lowest BCUT2D eigenvalue weighted by Crippen LogP contribution is -2.24. The summed E-state index contributed by atoms with van der Waals surface area (Å²) in [7, 11) is -0.796. The van der Waals surface area contributed by atoms with E-state index in [0.29, 0.717) is 11.6 Å². The molecule has 5 nitrogen and oxygen atoms in total. The van der Waals surface area contributed by atoms with E-state index < -0.39 is 10.8 Å². The summed E-state index contributed by atoms with van der Waals surface area (Å²) in [5.74, 6) is 0.936. The van der Waals surface area contributed by atoms with Gasteiger partial charge in [-0.25, -0.2) is 4.98 Å². The molecule has 1 aromatic heterocycles. The highest BCUT2D eigenvalue weighted by atomic mass is 32.2. The number of anilines is 1. The Bertz CT molecular complexity index is 391. The van der Waals surface area contributed by atoms with E-state index in [1.165, 1.54) is 12.4 Å². The molecule has 0 aliphatic heterocycles. The minimum atomic E-state index is -0.796. The third kappa shape index (κ3) is 4.24. The Balaban J connectivity index is 2.51. The molecule has 2 unspecified atom stereocenters. The van der Waals surface area contributed by atoms with Gasteiger partial charge in [0, 0.05) is 41.2 Å². The van der Waals surface area contributed by atoms with E-state index in [4.69, 9.17) is 0 Å². The summed E-state index contributed by atoms with van der Waals surface area (Å²) in [4.78, 5) is 17.7. The molecule has 1 rings (SSSR count). The predicted octanol–water partition coefficient (Wildman–Crippen LogP) is 0.339. The topological polar surface area (TPSA) is 74.8 Å². The number of nitrogens with zero attached hydrogens (tertiary/aromatic N) is 1.